The summed E-state index contributed by atoms with van der Waals surface area (Å²) in [6.45, 7) is 5.12. The van der Waals surface area contributed by atoms with Crippen molar-refractivity contribution in [2.45, 2.75) is 32.7 Å². The van der Waals surface area contributed by atoms with Crippen LogP contribution in [0.2, 0.25) is 0 Å². The molecule has 1 aromatic carbocycles. The molecule has 0 fully saturated rings. The fourth-order valence-electron chi connectivity index (χ4n) is 2.40. The van der Waals surface area contributed by atoms with Crippen molar-refractivity contribution in [2.24, 2.45) is 0 Å². The lowest BCUT2D eigenvalue weighted by atomic mass is 10.1. The highest BCUT2D eigenvalue weighted by Crippen LogP contribution is 2.16. The Balaban J connectivity index is 2.05. The Morgan fingerprint density at radius 3 is 2.70 bits per heavy atom. The lowest BCUT2D eigenvalue weighted by Crippen LogP contribution is -2.28. The third-order valence-electron chi connectivity index (χ3n) is 3.91. The largest absolute Gasteiger partial charge is 0.374 e. The van der Waals surface area contributed by atoms with Crippen LogP contribution in [0.3, 0.4) is 0 Å². The molecule has 1 heterocycles. The Hall–Kier alpha value is -2.36. The van der Waals surface area contributed by atoms with E-state index >= 15 is 0 Å². The number of carbonyl (C=O) groups excluding carboxylic acids is 1. The summed E-state index contributed by atoms with van der Waals surface area (Å²) in [5.74, 6) is -0.146. The minimum Gasteiger partial charge on any atom is -0.374 e. The molecule has 23 heavy (non-hydrogen) atoms. The van der Waals surface area contributed by atoms with E-state index in [9.17, 15) is 4.79 Å². The maximum absolute atomic E-state index is 12.4. The maximum atomic E-state index is 12.4. The lowest BCUT2D eigenvalue weighted by molar-refractivity contribution is 0.0935. The number of hydrogen-bond donors (Lipinski definition) is 1. The molecule has 1 N–H and O–H groups in total. The molecule has 1 atom stereocenters. The van der Waals surface area contributed by atoms with Crippen LogP contribution in [-0.2, 0) is 0 Å². The van der Waals surface area contributed by atoms with Gasteiger partial charge in [-0.15, -0.1) is 0 Å². The average molecular weight is 311 g/mol. The van der Waals surface area contributed by atoms with Gasteiger partial charge in [0, 0.05) is 25.5 Å². The van der Waals surface area contributed by atoms with E-state index in [1.54, 1.807) is 6.20 Å². The van der Waals surface area contributed by atoms with Crippen molar-refractivity contribution in [2.75, 3.05) is 18.5 Å². The normalized spacial score (nSPS) is 11.8. The lowest BCUT2D eigenvalue weighted by Gasteiger charge is -2.19. The van der Waals surface area contributed by atoms with Crippen molar-refractivity contribution in [3.8, 4) is 0 Å². The van der Waals surface area contributed by atoms with Gasteiger partial charge in [0.15, 0.2) is 0 Å². The van der Waals surface area contributed by atoms with E-state index in [-0.39, 0.29) is 11.9 Å². The van der Waals surface area contributed by atoms with Crippen molar-refractivity contribution in [3.05, 3.63) is 59.9 Å². The molecule has 0 saturated carbocycles. The predicted octanol–water partition coefficient (Wildman–Crippen LogP) is 3.81. The second-order valence-electron chi connectivity index (χ2n) is 5.78. The first-order chi connectivity index (χ1) is 11.1. The number of amides is 1. The highest BCUT2D eigenvalue weighted by atomic mass is 16.1. The van der Waals surface area contributed by atoms with Gasteiger partial charge >= 0.3 is 0 Å². The standard InChI is InChI=1S/C19H25N3O/c1-4-5-13-22(3)17-11-12-20-18(14-17)19(23)21-15(2)16-9-7-6-8-10-16/h6-12,14-15H,4-5,13H2,1-3H3,(H,21,23). The van der Waals surface area contributed by atoms with Gasteiger partial charge in [0.2, 0.25) is 0 Å². The molecule has 2 aromatic rings. The second-order valence-corrected chi connectivity index (χ2v) is 5.78. The summed E-state index contributed by atoms with van der Waals surface area (Å²) >= 11 is 0. The number of unbranched alkanes of at least 4 members (excludes halogenated alkanes) is 1. The van der Waals surface area contributed by atoms with Crippen molar-refractivity contribution in [3.63, 3.8) is 0 Å². The third-order valence-corrected chi connectivity index (χ3v) is 3.91. The quantitative estimate of drug-likeness (QED) is 0.845. The molecular formula is C19H25N3O. The number of anilines is 1. The number of hydrogen-bond acceptors (Lipinski definition) is 3. The Morgan fingerprint density at radius 2 is 2.00 bits per heavy atom. The smallest absolute Gasteiger partial charge is 0.270 e. The minimum absolute atomic E-state index is 0.0491. The first-order valence-corrected chi connectivity index (χ1v) is 8.14. The number of nitrogens with zero attached hydrogens (tertiary/aromatic N) is 2. The molecule has 0 radical (unpaired) electrons. The van der Waals surface area contributed by atoms with E-state index in [1.807, 2.05) is 56.4 Å². The van der Waals surface area contributed by atoms with Gasteiger partial charge in [0.05, 0.1) is 6.04 Å². The van der Waals surface area contributed by atoms with Gasteiger partial charge in [-0.3, -0.25) is 9.78 Å². The number of benzene rings is 1. The summed E-state index contributed by atoms with van der Waals surface area (Å²) in [6, 6.07) is 13.7. The van der Waals surface area contributed by atoms with Gasteiger partial charge in [0.1, 0.15) is 5.69 Å². The molecule has 0 bridgehead atoms. The topological polar surface area (TPSA) is 45.2 Å². The zero-order chi connectivity index (χ0) is 16.7. The van der Waals surface area contributed by atoms with Crippen LogP contribution < -0.4 is 10.2 Å². The van der Waals surface area contributed by atoms with E-state index < -0.39 is 0 Å². The number of carbonyl (C=O) groups is 1. The molecule has 1 unspecified atom stereocenters. The van der Waals surface area contributed by atoms with Gasteiger partial charge in [0.25, 0.3) is 5.91 Å². The molecule has 1 amide bonds. The Labute approximate surface area is 138 Å². The van der Waals surface area contributed by atoms with E-state index in [0.717, 1.165) is 30.6 Å². The monoisotopic (exact) mass is 311 g/mol. The van der Waals surface area contributed by atoms with Gasteiger partial charge in [-0.05, 0) is 31.0 Å². The zero-order valence-corrected chi connectivity index (χ0v) is 14.1. The van der Waals surface area contributed by atoms with Crippen LogP contribution in [0.4, 0.5) is 5.69 Å². The summed E-state index contributed by atoms with van der Waals surface area (Å²) < 4.78 is 0. The zero-order valence-electron chi connectivity index (χ0n) is 14.1. The van der Waals surface area contributed by atoms with E-state index in [2.05, 4.69) is 22.1 Å². The van der Waals surface area contributed by atoms with Gasteiger partial charge in [-0.25, -0.2) is 0 Å². The number of rotatable bonds is 7. The Morgan fingerprint density at radius 1 is 1.26 bits per heavy atom. The first-order valence-electron chi connectivity index (χ1n) is 8.14. The van der Waals surface area contributed by atoms with Crippen molar-refractivity contribution >= 4 is 11.6 Å². The second kappa shape index (κ2) is 8.32. The number of aromatic nitrogens is 1. The molecule has 1 aromatic heterocycles. The Bertz CT molecular complexity index is 628. The Kier molecular flexibility index (Phi) is 6.15. The molecule has 0 aliphatic heterocycles. The van der Waals surface area contributed by atoms with Crippen molar-refractivity contribution < 1.29 is 4.79 Å². The molecule has 4 nitrogen and oxygen atoms in total. The molecule has 4 heteroatoms. The highest BCUT2D eigenvalue weighted by molar-refractivity contribution is 5.93. The predicted molar refractivity (Wildman–Crippen MR) is 94.7 cm³/mol. The molecule has 0 saturated heterocycles. The summed E-state index contributed by atoms with van der Waals surface area (Å²) in [5.41, 5.74) is 2.55. The fourth-order valence-corrected chi connectivity index (χ4v) is 2.40. The fraction of sp³-hybridized carbons (Fsp3) is 0.368. The van der Waals surface area contributed by atoms with Crippen LogP contribution in [0, 0.1) is 0 Å². The highest BCUT2D eigenvalue weighted by Gasteiger charge is 2.13. The summed E-state index contributed by atoms with van der Waals surface area (Å²) in [5, 5.41) is 3.00. The van der Waals surface area contributed by atoms with Crippen LogP contribution in [0.25, 0.3) is 0 Å². The molecule has 0 aliphatic carbocycles. The van der Waals surface area contributed by atoms with E-state index in [1.165, 1.54) is 0 Å². The van der Waals surface area contributed by atoms with E-state index in [4.69, 9.17) is 0 Å². The third kappa shape index (κ3) is 4.81. The molecule has 2 rings (SSSR count). The molecule has 122 valence electrons. The number of nitrogens with one attached hydrogen (secondary N) is 1. The van der Waals surface area contributed by atoms with Gasteiger partial charge < -0.3 is 10.2 Å². The molecule has 0 spiro atoms. The van der Waals surface area contributed by atoms with Gasteiger partial charge in [-0.1, -0.05) is 43.7 Å². The van der Waals surface area contributed by atoms with Crippen LogP contribution >= 0.6 is 0 Å². The van der Waals surface area contributed by atoms with Crippen molar-refractivity contribution in [1.29, 1.82) is 0 Å². The van der Waals surface area contributed by atoms with Crippen LogP contribution in [-0.4, -0.2) is 24.5 Å². The van der Waals surface area contributed by atoms with Crippen LogP contribution in [0.5, 0.6) is 0 Å². The number of pyridine rings is 1. The van der Waals surface area contributed by atoms with Crippen molar-refractivity contribution in [1.82, 2.24) is 10.3 Å². The summed E-state index contributed by atoms with van der Waals surface area (Å²) in [7, 11) is 2.04. The summed E-state index contributed by atoms with van der Waals surface area (Å²) in [4.78, 5) is 18.8. The van der Waals surface area contributed by atoms with Crippen LogP contribution in [0.1, 0.15) is 48.8 Å². The van der Waals surface area contributed by atoms with Crippen LogP contribution in [0.15, 0.2) is 48.7 Å². The van der Waals surface area contributed by atoms with Gasteiger partial charge in [-0.2, -0.15) is 0 Å². The first kappa shape index (κ1) is 17.0. The summed E-state index contributed by atoms with van der Waals surface area (Å²) in [6.07, 6.45) is 3.97. The SMILES string of the molecule is CCCCN(C)c1ccnc(C(=O)NC(C)c2ccccc2)c1. The molecular weight excluding hydrogens is 286 g/mol. The minimum atomic E-state index is -0.146. The average Bonchev–Trinajstić information content (AvgIpc) is 2.60. The molecule has 0 aliphatic rings. The van der Waals surface area contributed by atoms with E-state index in [0.29, 0.717) is 5.69 Å². The maximum Gasteiger partial charge on any atom is 0.270 e.